The van der Waals surface area contributed by atoms with E-state index in [0.717, 1.165) is 0 Å². The lowest BCUT2D eigenvalue weighted by Crippen LogP contribution is -2.52. The highest BCUT2D eigenvalue weighted by Gasteiger charge is 2.37. The van der Waals surface area contributed by atoms with Gasteiger partial charge in [0.05, 0.1) is 0 Å². The lowest BCUT2D eigenvalue weighted by atomic mass is 9.92. The van der Waals surface area contributed by atoms with Gasteiger partial charge < -0.3 is 10.8 Å². The number of aliphatic carboxylic acids is 1. The van der Waals surface area contributed by atoms with E-state index in [2.05, 4.69) is 0 Å². The number of hydrogen-bond donors (Lipinski definition) is 2. The highest BCUT2D eigenvalue weighted by Crippen LogP contribution is 2.10. The molecule has 1 aromatic carbocycles. The van der Waals surface area contributed by atoms with Crippen LogP contribution in [0.2, 0.25) is 0 Å². The zero-order chi connectivity index (χ0) is 10.8. The van der Waals surface area contributed by atoms with E-state index in [1.807, 2.05) is 0 Å². The number of carboxylic acid groups (broad SMARTS) is 1. The van der Waals surface area contributed by atoms with Gasteiger partial charge >= 0.3 is 5.97 Å². The van der Waals surface area contributed by atoms with Gasteiger partial charge in [0.25, 0.3) is 0 Å². The van der Waals surface area contributed by atoms with E-state index in [-0.39, 0.29) is 0 Å². The van der Waals surface area contributed by atoms with Crippen LogP contribution in [0.1, 0.15) is 17.3 Å². The zero-order valence-corrected chi connectivity index (χ0v) is 7.73. The molecule has 4 heteroatoms. The minimum Gasteiger partial charge on any atom is -0.480 e. The first-order valence-corrected chi connectivity index (χ1v) is 4.08. The highest BCUT2D eigenvalue weighted by atomic mass is 16.4. The fraction of sp³-hybridized carbons (Fsp3) is 0.200. The summed E-state index contributed by atoms with van der Waals surface area (Å²) in [6.07, 6.45) is 0. The van der Waals surface area contributed by atoms with Crippen molar-refractivity contribution in [2.45, 2.75) is 12.5 Å². The Hall–Kier alpha value is -1.68. The molecule has 1 aromatic rings. The SMILES string of the molecule is C[C@](N)(C(=O)O)C(=O)c1ccccc1. The summed E-state index contributed by atoms with van der Waals surface area (Å²) in [6.45, 7) is 1.19. The van der Waals surface area contributed by atoms with Crippen LogP contribution in [0.15, 0.2) is 30.3 Å². The van der Waals surface area contributed by atoms with Gasteiger partial charge in [-0.3, -0.25) is 4.79 Å². The molecule has 0 aliphatic carbocycles. The third kappa shape index (κ3) is 1.80. The Morgan fingerprint density at radius 2 is 1.79 bits per heavy atom. The molecule has 0 aliphatic rings. The molecular formula is C10H11NO3. The lowest BCUT2D eigenvalue weighted by Gasteiger charge is -2.17. The predicted molar refractivity (Wildman–Crippen MR) is 51.0 cm³/mol. The second-order valence-electron chi connectivity index (χ2n) is 3.20. The van der Waals surface area contributed by atoms with Crippen LogP contribution in [0.3, 0.4) is 0 Å². The zero-order valence-electron chi connectivity index (χ0n) is 7.73. The highest BCUT2D eigenvalue weighted by molar-refractivity contribution is 6.15. The first-order valence-electron chi connectivity index (χ1n) is 4.08. The Balaban J connectivity index is 3.03. The van der Waals surface area contributed by atoms with Crippen LogP contribution in [0.5, 0.6) is 0 Å². The standard InChI is InChI=1S/C10H11NO3/c1-10(11,9(13)14)8(12)7-5-3-2-4-6-7/h2-6H,11H2,1H3,(H,13,14)/t10-/m1/s1. The Kier molecular flexibility index (Phi) is 2.67. The molecule has 0 amide bonds. The third-order valence-electron chi connectivity index (χ3n) is 1.95. The van der Waals surface area contributed by atoms with E-state index in [1.54, 1.807) is 18.2 Å². The summed E-state index contributed by atoms with van der Waals surface area (Å²) in [4.78, 5) is 22.3. The topological polar surface area (TPSA) is 80.4 Å². The van der Waals surface area contributed by atoms with Gasteiger partial charge in [0.1, 0.15) is 0 Å². The summed E-state index contributed by atoms with van der Waals surface area (Å²) in [6, 6.07) is 8.13. The summed E-state index contributed by atoms with van der Waals surface area (Å²) in [5.41, 5.74) is 3.83. The van der Waals surface area contributed by atoms with Gasteiger partial charge in [-0.05, 0) is 6.92 Å². The second-order valence-corrected chi connectivity index (χ2v) is 3.20. The van der Waals surface area contributed by atoms with E-state index in [1.165, 1.54) is 19.1 Å². The van der Waals surface area contributed by atoms with Crippen LogP contribution < -0.4 is 5.73 Å². The smallest absolute Gasteiger partial charge is 0.331 e. The van der Waals surface area contributed by atoms with Crippen molar-refractivity contribution in [3.05, 3.63) is 35.9 Å². The summed E-state index contributed by atoms with van der Waals surface area (Å²) in [5, 5.41) is 8.73. The molecule has 0 unspecified atom stereocenters. The number of carbonyl (C=O) groups is 2. The summed E-state index contributed by atoms with van der Waals surface area (Å²) >= 11 is 0. The van der Waals surface area contributed by atoms with E-state index in [9.17, 15) is 9.59 Å². The number of ketones is 1. The molecule has 14 heavy (non-hydrogen) atoms. The summed E-state index contributed by atoms with van der Waals surface area (Å²) in [7, 11) is 0. The van der Waals surface area contributed by atoms with Crippen molar-refractivity contribution in [3.8, 4) is 0 Å². The maximum absolute atomic E-state index is 11.6. The molecule has 0 radical (unpaired) electrons. The van der Waals surface area contributed by atoms with E-state index < -0.39 is 17.3 Å². The Morgan fingerprint density at radius 3 is 2.21 bits per heavy atom. The molecule has 0 spiro atoms. The number of Topliss-reactive ketones (excluding diaryl/α,β-unsaturated/α-hetero) is 1. The molecule has 0 saturated heterocycles. The van der Waals surface area contributed by atoms with Gasteiger partial charge in [-0.15, -0.1) is 0 Å². The molecule has 0 bridgehead atoms. The maximum atomic E-state index is 11.6. The lowest BCUT2D eigenvalue weighted by molar-refractivity contribution is -0.140. The number of carbonyl (C=O) groups excluding carboxylic acids is 1. The van der Waals surface area contributed by atoms with Gasteiger partial charge in [-0.2, -0.15) is 0 Å². The minimum absolute atomic E-state index is 0.305. The molecule has 0 fully saturated rings. The van der Waals surface area contributed by atoms with E-state index in [0.29, 0.717) is 5.56 Å². The molecular weight excluding hydrogens is 182 g/mol. The van der Waals surface area contributed by atoms with Crippen molar-refractivity contribution >= 4 is 11.8 Å². The monoisotopic (exact) mass is 193 g/mol. The van der Waals surface area contributed by atoms with Crippen LogP contribution in [0, 0.1) is 0 Å². The fourth-order valence-electron chi connectivity index (χ4n) is 0.986. The largest absolute Gasteiger partial charge is 0.480 e. The van der Waals surface area contributed by atoms with Crippen molar-refractivity contribution in [2.24, 2.45) is 5.73 Å². The predicted octanol–water partition coefficient (Wildman–Crippen LogP) is 0.671. The van der Waals surface area contributed by atoms with Gasteiger partial charge in [0.2, 0.25) is 0 Å². The molecule has 1 atom stereocenters. The molecule has 4 nitrogen and oxygen atoms in total. The number of carboxylic acids is 1. The van der Waals surface area contributed by atoms with Crippen molar-refractivity contribution in [1.29, 1.82) is 0 Å². The molecule has 0 heterocycles. The first kappa shape index (κ1) is 10.4. The maximum Gasteiger partial charge on any atom is 0.331 e. The van der Waals surface area contributed by atoms with Crippen molar-refractivity contribution < 1.29 is 14.7 Å². The van der Waals surface area contributed by atoms with Gasteiger partial charge in [-0.1, -0.05) is 30.3 Å². The molecule has 3 N–H and O–H groups in total. The van der Waals surface area contributed by atoms with Crippen LogP contribution >= 0.6 is 0 Å². The Morgan fingerprint density at radius 1 is 1.29 bits per heavy atom. The minimum atomic E-state index is -1.86. The molecule has 0 aliphatic heterocycles. The number of hydrogen-bond acceptors (Lipinski definition) is 3. The summed E-state index contributed by atoms with van der Waals surface area (Å²) in [5.74, 6) is -1.92. The van der Waals surface area contributed by atoms with Crippen LogP contribution in [-0.4, -0.2) is 22.4 Å². The quantitative estimate of drug-likeness (QED) is 0.546. The molecule has 0 saturated carbocycles. The molecule has 74 valence electrons. The van der Waals surface area contributed by atoms with Gasteiger partial charge in [-0.25, -0.2) is 4.79 Å². The molecule has 0 aromatic heterocycles. The van der Waals surface area contributed by atoms with Gasteiger partial charge in [0.15, 0.2) is 11.3 Å². The number of benzene rings is 1. The fourth-order valence-corrected chi connectivity index (χ4v) is 0.986. The van der Waals surface area contributed by atoms with Crippen molar-refractivity contribution in [1.82, 2.24) is 0 Å². The average molecular weight is 193 g/mol. The number of nitrogens with two attached hydrogens (primary N) is 1. The third-order valence-corrected chi connectivity index (χ3v) is 1.95. The summed E-state index contributed by atoms with van der Waals surface area (Å²) < 4.78 is 0. The van der Waals surface area contributed by atoms with Crippen molar-refractivity contribution in [3.63, 3.8) is 0 Å². The van der Waals surface area contributed by atoms with Crippen molar-refractivity contribution in [2.75, 3.05) is 0 Å². The Bertz CT molecular complexity index is 357. The number of rotatable bonds is 3. The van der Waals surface area contributed by atoms with Crippen LogP contribution in [0.25, 0.3) is 0 Å². The van der Waals surface area contributed by atoms with Crippen LogP contribution in [-0.2, 0) is 4.79 Å². The average Bonchev–Trinajstić information content (AvgIpc) is 2.17. The first-order chi connectivity index (χ1) is 6.46. The van der Waals surface area contributed by atoms with Crippen LogP contribution in [0.4, 0.5) is 0 Å². The normalized spacial score (nSPS) is 14.4. The second kappa shape index (κ2) is 3.59. The van der Waals surface area contributed by atoms with E-state index >= 15 is 0 Å². The Labute approximate surface area is 81.3 Å². The molecule has 1 rings (SSSR count). The van der Waals surface area contributed by atoms with Gasteiger partial charge in [0, 0.05) is 5.56 Å². The van der Waals surface area contributed by atoms with E-state index in [4.69, 9.17) is 10.8 Å².